The molecule has 2 aromatic rings. The number of hydrogen-bond acceptors (Lipinski definition) is 5. The molecule has 0 radical (unpaired) electrons. The van der Waals surface area contributed by atoms with Crippen LogP contribution in [0, 0.1) is 5.92 Å². The minimum atomic E-state index is -0.530. The van der Waals surface area contributed by atoms with E-state index >= 15 is 0 Å². The van der Waals surface area contributed by atoms with Crippen molar-refractivity contribution in [2.45, 2.75) is 44.4 Å². The molecule has 8 nitrogen and oxygen atoms in total. The van der Waals surface area contributed by atoms with E-state index in [1.165, 1.54) is 16.8 Å². The van der Waals surface area contributed by atoms with Crippen molar-refractivity contribution in [3.8, 4) is 5.75 Å². The van der Waals surface area contributed by atoms with Crippen LogP contribution in [0.3, 0.4) is 0 Å². The zero-order valence-electron chi connectivity index (χ0n) is 15.4. The topological polar surface area (TPSA) is 113 Å². The Hall–Kier alpha value is -2.87. The molecular weight excluding hydrogens is 362 g/mol. The normalized spacial score (nSPS) is 21.3. The number of aliphatic hydroxyl groups is 1. The number of amides is 1. The van der Waals surface area contributed by atoms with Gasteiger partial charge in [0, 0.05) is 31.6 Å². The van der Waals surface area contributed by atoms with E-state index in [4.69, 9.17) is 4.74 Å². The summed E-state index contributed by atoms with van der Waals surface area (Å²) in [5.74, 6) is 0.885. The average Bonchev–Trinajstić information content (AvgIpc) is 3.11. The predicted molar refractivity (Wildman–Crippen MR) is 101 cm³/mol. The summed E-state index contributed by atoms with van der Waals surface area (Å²) < 4.78 is 6.86. The number of carbonyl (C=O) groups excluding carboxylic acids is 1. The van der Waals surface area contributed by atoms with Gasteiger partial charge >= 0.3 is 5.69 Å². The Morgan fingerprint density at radius 2 is 2.14 bits per heavy atom. The number of aromatic nitrogens is 2. The lowest BCUT2D eigenvalue weighted by molar-refractivity contribution is -0.123. The smallest absolute Gasteiger partial charge is 0.328 e. The van der Waals surface area contributed by atoms with Gasteiger partial charge in [0.2, 0.25) is 5.91 Å². The van der Waals surface area contributed by atoms with E-state index in [0.717, 1.165) is 23.3 Å². The molecule has 28 heavy (non-hydrogen) atoms. The largest absolute Gasteiger partial charge is 0.493 e. The molecule has 0 unspecified atom stereocenters. The highest BCUT2D eigenvalue weighted by Gasteiger charge is 2.36. The molecule has 4 rings (SSSR count). The van der Waals surface area contributed by atoms with Gasteiger partial charge in [0.25, 0.3) is 5.56 Å². The van der Waals surface area contributed by atoms with Crippen molar-refractivity contribution in [1.82, 2.24) is 14.9 Å². The van der Waals surface area contributed by atoms with Crippen molar-refractivity contribution in [1.29, 1.82) is 0 Å². The van der Waals surface area contributed by atoms with E-state index in [2.05, 4.69) is 16.4 Å². The zero-order valence-corrected chi connectivity index (χ0v) is 15.4. The van der Waals surface area contributed by atoms with Crippen molar-refractivity contribution in [2.24, 2.45) is 5.92 Å². The van der Waals surface area contributed by atoms with Gasteiger partial charge in [-0.15, -0.1) is 0 Å². The number of fused-ring (bicyclic) bond motifs is 1. The molecule has 0 spiro atoms. The maximum absolute atomic E-state index is 12.6. The molecule has 3 N–H and O–H groups in total. The Labute approximate surface area is 161 Å². The first-order chi connectivity index (χ1) is 13.5. The third-order valence-corrected chi connectivity index (χ3v) is 5.49. The van der Waals surface area contributed by atoms with Crippen LogP contribution >= 0.6 is 0 Å². The van der Waals surface area contributed by atoms with Crippen LogP contribution in [0.2, 0.25) is 0 Å². The van der Waals surface area contributed by atoms with Crippen LogP contribution in [0.25, 0.3) is 0 Å². The number of nitrogens with one attached hydrogen (secondary N) is 2. The number of aliphatic hydroxyl groups excluding tert-OH is 1. The highest BCUT2D eigenvalue weighted by molar-refractivity contribution is 5.76. The Kier molecular flexibility index (Phi) is 5.04. The van der Waals surface area contributed by atoms with Crippen LogP contribution in [0.4, 0.5) is 0 Å². The molecule has 2 aliphatic rings. The third-order valence-electron chi connectivity index (χ3n) is 5.49. The molecule has 2 heterocycles. The maximum Gasteiger partial charge on any atom is 0.328 e. The molecule has 1 saturated carbocycles. The van der Waals surface area contributed by atoms with E-state index in [0.29, 0.717) is 19.4 Å². The maximum atomic E-state index is 12.6. The summed E-state index contributed by atoms with van der Waals surface area (Å²) in [6.07, 6.45) is 3.34. The lowest BCUT2D eigenvalue weighted by Crippen LogP contribution is -2.41. The molecule has 0 saturated heterocycles. The highest BCUT2D eigenvalue weighted by Crippen LogP contribution is 2.39. The quantitative estimate of drug-likeness (QED) is 0.670. The lowest BCUT2D eigenvalue weighted by Gasteiger charge is -2.38. The van der Waals surface area contributed by atoms with Crippen LogP contribution < -0.4 is 21.3 Å². The standard InChI is InChI=1S/C20H23N3O5/c24-15-10-14(11-15)19(13-1-2-16-12(9-13)5-8-28-16)21-17(25)3-6-23-7-4-18(26)22-20(23)27/h1-2,4,7,9,14-15,19,24H,3,5-6,8,10-11H2,(H,21,25)(H,22,26,27)/t14?,15?,19-/m0/s1. The number of benzene rings is 1. The average molecular weight is 385 g/mol. The van der Waals surface area contributed by atoms with Gasteiger partial charge in [0.05, 0.1) is 18.8 Å². The first-order valence-corrected chi connectivity index (χ1v) is 9.52. The molecule has 1 aliphatic heterocycles. The Bertz CT molecular complexity index is 990. The van der Waals surface area contributed by atoms with Crippen molar-refractivity contribution in [3.05, 3.63) is 62.4 Å². The summed E-state index contributed by atoms with van der Waals surface area (Å²) in [7, 11) is 0. The van der Waals surface area contributed by atoms with Gasteiger partial charge in [-0.3, -0.25) is 14.6 Å². The second kappa shape index (κ2) is 7.63. The van der Waals surface area contributed by atoms with Gasteiger partial charge < -0.3 is 19.7 Å². The fourth-order valence-electron chi connectivity index (χ4n) is 3.86. The minimum Gasteiger partial charge on any atom is -0.493 e. The second-order valence-electron chi connectivity index (χ2n) is 7.45. The van der Waals surface area contributed by atoms with Crippen LogP contribution in [0.1, 0.15) is 36.4 Å². The number of aromatic amines is 1. The first kappa shape index (κ1) is 18.5. The fraction of sp³-hybridized carbons (Fsp3) is 0.450. The number of ether oxygens (including phenoxy) is 1. The molecule has 1 aliphatic carbocycles. The summed E-state index contributed by atoms with van der Waals surface area (Å²) in [4.78, 5) is 37.6. The van der Waals surface area contributed by atoms with Crippen molar-refractivity contribution in [2.75, 3.05) is 6.61 Å². The van der Waals surface area contributed by atoms with Gasteiger partial charge in [-0.2, -0.15) is 0 Å². The molecule has 1 atom stereocenters. The number of aryl methyl sites for hydroxylation is 1. The van der Waals surface area contributed by atoms with Gasteiger partial charge in [-0.1, -0.05) is 6.07 Å². The predicted octanol–water partition coefficient (Wildman–Crippen LogP) is 0.490. The fourth-order valence-corrected chi connectivity index (χ4v) is 3.86. The zero-order chi connectivity index (χ0) is 19.7. The number of hydrogen-bond donors (Lipinski definition) is 3. The summed E-state index contributed by atoms with van der Waals surface area (Å²) in [5.41, 5.74) is 1.15. The summed E-state index contributed by atoms with van der Waals surface area (Å²) >= 11 is 0. The monoisotopic (exact) mass is 385 g/mol. The first-order valence-electron chi connectivity index (χ1n) is 9.52. The van der Waals surface area contributed by atoms with E-state index in [1.807, 2.05) is 12.1 Å². The number of carbonyl (C=O) groups is 1. The van der Waals surface area contributed by atoms with E-state index in [9.17, 15) is 19.5 Å². The molecule has 1 fully saturated rings. The van der Waals surface area contributed by atoms with Gasteiger partial charge in [-0.25, -0.2) is 4.79 Å². The van der Waals surface area contributed by atoms with Crippen LogP contribution in [0.15, 0.2) is 40.1 Å². The van der Waals surface area contributed by atoms with E-state index in [1.54, 1.807) is 0 Å². The third kappa shape index (κ3) is 3.87. The lowest BCUT2D eigenvalue weighted by atomic mass is 9.75. The molecule has 0 bridgehead atoms. The number of nitrogens with zero attached hydrogens (tertiary/aromatic N) is 1. The van der Waals surface area contributed by atoms with E-state index in [-0.39, 0.29) is 36.9 Å². The highest BCUT2D eigenvalue weighted by atomic mass is 16.5. The summed E-state index contributed by atoms with van der Waals surface area (Å²) in [6.45, 7) is 0.853. The summed E-state index contributed by atoms with van der Waals surface area (Å²) in [5, 5.41) is 12.8. The minimum absolute atomic E-state index is 0.117. The second-order valence-corrected chi connectivity index (χ2v) is 7.45. The van der Waals surface area contributed by atoms with E-state index < -0.39 is 11.2 Å². The molecule has 8 heteroatoms. The van der Waals surface area contributed by atoms with Crippen LogP contribution in [-0.4, -0.2) is 33.3 Å². The molecule has 1 aromatic heterocycles. The van der Waals surface area contributed by atoms with Gasteiger partial charge in [-0.05, 0) is 42.0 Å². The van der Waals surface area contributed by atoms with Crippen LogP contribution in [-0.2, 0) is 17.8 Å². The number of rotatable bonds is 6. The van der Waals surface area contributed by atoms with Crippen LogP contribution in [0.5, 0.6) is 5.75 Å². The molecular formula is C20H23N3O5. The van der Waals surface area contributed by atoms with Crippen molar-refractivity contribution < 1.29 is 14.6 Å². The molecule has 1 aromatic carbocycles. The Morgan fingerprint density at radius 3 is 2.89 bits per heavy atom. The molecule has 148 valence electrons. The summed E-state index contributed by atoms with van der Waals surface area (Å²) in [6, 6.07) is 7.04. The Morgan fingerprint density at radius 1 is 1.32 bits per heavy atom. The SMILES string of the molecule is O=C(CCn1ccc(=O)[nH]c1=O)N[C@@H](c1ccc2c(c1)CCO2)C1CC(O)C1. The van der Waals surface area contributed by atoms with Crippen molar-refractivity contribution in [3.63, 3.8) is 0 Å². The number of H-pyrrole nitrogens is 1. The molecule has 1 amide bonds. The van der Waals surface area contributed by atoms with Gasteiger partial charge in [0.1, 0.15) is 5.75 Å². The van der Waals surface area contributed by atoms with Crippen molar-refractivity contribution >= 4 is 5.91 Å². The Balaban J connectivity index is 1.45. The van der Waals surface area contributed by atoms with Gasteiger partial charge in [0.15, 0.2) is 0 Å².